The van der Waals surface area contributed by atoms with Gasteiger partial charge >= 0.3 is 0 Å². The van der Waals surface area contributed by atoms with Gasteiger partial charge in [0.1, 0.15) is 6.04 Å². The van der Waals surface area contributed by atoms with Crippen LogP contribution in [0.4, 0.5) is 0 Å². The average Bonchev–Trinajstić information content (AvgIpc) is 2.75. The predicted octanol–water partition coefficient (Wildman–Crippen LogP) is 3.40. The number of benzene rings is 1. The molecular formula is C13H13BrN2O. The molecule has 1 aromatic carbocycles. The molecule has 88 valence electrons. The molecule has 0 saturated heterocycles. The number of rotatable bonds is 3. The van der Waals surface area contributed by atoms with Gasteiger partial charge in [-0.25, -0.2) is 0 Å². The van der Waals surface area contributed by atoms with Crippen LogP contribution in [0.1, 0.15) is 28.9 Å². The molecule has 0 aliphatic rings. The predicted molar refractivity (Wildman–Crippen MR) is 70.1 cm³/mol. The van der Waals surface area contributed by atoms with Crippen molar-refractivity contribution in [3.63, 3.8) is 0 Å². The van der Waals surface area contributed by atoms with E-state index in [0.29, 0.717) is 0 Å². The van der Waals surface area contributed by atoms with E-state index in [4.69, 9.17) is 0 Å². The van der Waals surface area contributed by atoms with Gasteiger partial charge in [0.25, 0.3) is 0 Å². The summed E-state index contributed by atoms with van der Waals surface area (Å²) in [7, 11) is 0. The highest BCUT2D eigenvalue weighted by atomic mass is 79.9. The summed E-state index contributed by atoms with van der Waals surface area (Å²) in [5, 5.41) is 4.13. The molecule has 3 nitrogen and oxygen atoms in total. The zero-order valence-electron chi connectivity index (χ0n) is 9.72. The number of aromatic nitrogens is 2. The highest BCUT2D eigenvalue weighted by molar-refractivity contribution is 9.10. The Morgan fingerprint density at radius 2 is 2.00 bits per heavy atom. The smallest absolute Gasteiger partial charge is 0.187 e. The lowest BCUT2D eigenvalue weighted by Gasteiger charge is -2.11. The second kappa shape index (κ2) is 4.84. The zero-order valence-corrected chi connectivity index (χ0v) is 11.3. The van der Waals surface area contributed by atoms with E-state index in [-0.39, 0.29) is 11.8 Å². The zero-order chi connectivity index (χ0) is 12.4. The SMILES string of the molecule is Cc1ccc(C(=O)C(C)n2cc(Br)cn2)cc1. The van der Waals surface area contributed by atoms with Crippen LogP contribution >= 0.6 is 15.9 Å². The molecular weight excluding hydrogens is 280 g/mol. The van der Waals surface area contributed by atoms with Gasteiger partial charge in [-0.15, -0.1) is 0 Å². The molecule has 0 aliphatic carbocycles. The van der Waals surface area contributed by atoms with Crippen molar-refractivity contribution >= 4 is 21.7 Å². The summed E-state index contributed by atoms with van der Waals surface area (Å²) in [6, 6.07) is 7.31. The van der Waals surface area contributed by atoms with Crippen molar-refractivity contribution in [2.24, 2.45) is 0 Å². The Balaban J connectivity index is 2.23. The standard InChI is InChI=1S/C13H13BrN2O/c1-9-3-5-11(6-4-9)13(17)10(2)16-8-12(14)7-15-16/h3-8,10H,1-2H3. The van der Waals surface area contributed by atoms with Gasteiger partial charge in [0, 0.05) is 11.8 Å². The molecule has 0 spiro atoms. The van der Waals surface area contributed by atoms with E-state index in [1.807, 2.05) is 38.1 Å². The first kappa shape index (κ1) is 12.0. The molecule has 0 saturated carbocycles. The van der Waals surface area contributed by atoms with E-state index in [1.54, 1.807) is 17.1 Å². The third-order valence-corrected chi connectivity index (χ3v) is 3.09. The van der Waals surface area contributed by atoms with Crippen molar-refractivity contribution < 1.29 is 4.79 Å². The lowest BCUT2D eigenvalue weighted by molar-refractivity contribution is 0.0928. The molecule has 0 N–H and O–H groups in total. The van der Waals surface area contributed by atoms with Crippen LogP contribution in [0.15, 0.2) is 41.1 Å². The summed E-state index contributed by atoms with van der Waals surface area (Å²) in [6.45, 7) is 3.85. The van der Waals surface area contributed by atoms with Gasteiger partial charge in [0.05, 0.1) is 10.7 Å². The van der Waals surface area contributed by atoms with Crippen molar-refractivity contribution in [1.82, 2.24) is 9.78 Å². The first-order valence-corrected chi connectivity index (χ1v) is 6.18. The van der Waals surface area contributed by atoms with E-state index < -0.39 is 0 Å². The molecule has 0 aliphatic heterocycles. The van der Waals surface area contributed by atoms with Gasteiger partial charge in [-0.1, -0.05) is 29.8 Å². The molecule has 1 atom stereocenters. The number of aryl methyl sites for hydroxylation is 1. The van der Waals surface area contributed by atoms with Crippen LogP contribution in [-0.4, -0.2) is 15.6 Å². The summed E-state index contributed by atoms with van der Waals surface area (Å²) < 4.78 is 2.53. The quantitative estimate of drug-likeness (QED) is 0.813. The molecule has 0 bridgehead atoms. The van der Waals surface area contributed by atoms with Crippen LogP contribution in [0.3, 0.4) is 0 Å². The van der Waals surface area contributed by atoms with Crippen molar-refractivity contribution in [2.45, 2.75) is 19.9 Å². The number of nitrogens with zero attached hydrogens (tertiary/aromatic N) is 2. The third kappa shape index (κ3) is 2.64. The molecule has 4 heteroatoms. The first-order chi connectivity index (χ1) is 8.08. The van der Waals surface area contributed by atoms with Gasteiger partial charge in [0.15, 0.2) is 5.78 Å². The molecule has 17 heavy (non-hydrogen) atoms. The minimum Gasteiger partial charge on any atom is -0.292 e. The van der Waals surface area contributed by atoms with Gasteiger partial charge in [-0.2, -0.15) is 5.10 Å². The minimum atomic E-state index is -0.288. The highest BCUT2D eigenvalue weighted by Crippen LogP contribution is 2.16. The number of hydrogen-bond acceptors (Lipinski definition) is 2. The van der Waals surface area contributed by atoms with Crippen molar-refractivity contribution in [2.75, 3.05) is 0 Å². The summed E-state index contributed by atoms with van der Waals surface area (Å²) in [5.41, 5.74) is 1.87. The Morgan fingerprint density at radius 3 is 2.53 bits per heavy atom. The van der Waals surface area contributed by atoms with Gasteiger partial charge in [-0.3, -0.25) is 9.48 Å². The maximum Gasteiger partial charge on any atom is 0.187 e. The Hall–Kier alpha value is -1.42. The van der Waals surface area contributed by atoms with Crippen LogP contribution < -0.4 is 0 Å². The third-order valence-electron chi connectivity index (χ3n) is 2.68. The van der Waals surface area contributed by atoms with Crippen LogP contribution in [0.5, 0.6) is 0 Å². The molecule has 1 heterocycles. The minimum absolute atomic E-state index is 0.0700. The van der Waals surface area contributed by atoms with Crippen LogP contribution in [-0.2, 0) is 0 Å². The van der Waals surface area contributed by atoms with E-state index >= 15 is 0 Å². The Morgan fingerprint density at radius 1 is 1.35 bits per heavy atom. The highest BCUT2D eigenvalue weighted by Gasteiger charge is 2.17. The van der Waals surface area contributed by atoms with Crippen molar-refractivity contribution in [3.8, 4) is 0 Å². The fourth-order valence-electron chi connectivity index (χ4n) is 1.61. The number of halogens is 1. The normalized spacial score (nSPS) is 12.4. The Labute approximate surface area is 109 Å². The fourth-order valence-corrected chi connectivity index (χ4v) is 1.91. The molecule has 1 aromatic heterocycles. The van der Waals surface area contributed by atoms with Crippen molar-refractivity contribution in [3.05, 3.63) is 52.3 Å². The van der Waals surface area contributed by atoms with E-state index in [0.717, 1.165) is 15.6 Å². The topological polar surface area (TPSA) is 34.9 Å². The lowest BCUT2D eigenvalue weighted by atomic mass is 10.0. The number of carbonyl (C=O) groups is 1. The van der Waals surface area contributed by atoms with E-state index in [9.17, 15) is 4.79 Å². The second-order valence-corrected chi connectivity index (χ2v) is 4.96. The van der Waals surface area contributed by atoms with E-state index in [2.05, 4.69) is 21.0 Å². The first-order valence-electron chi connectivity index (χ1n) is 5.38. The van der Waals surface area contributed by atoms with Crippen LogP contribution in [0.25, 0.3) is 0 Å². The lowest BCUT2D eigenvalue weighted by Crippen LogP contribution is -2.17. The van der Waals surface area contributed by atoms with Crippen molar-refractivity contribution in [1.29, 1.82) is 0 Å². The fraction of sp³-hybridized carbons (Fsp3) is 0.231. The second-order valence-electron chi connectivity index (χ2n) is 4.04. The van der Waals surface area contributed by atoms with Crippen LogP contribution in [0, 0.1) is 6.92 Å². The number of ketones is 1. The molecule has 0 amide bonds. The van der Waals surface area contributed by atoms with E-state index in [1.165, 1.54) is 0 Å². The Bertz CT molecular complexity index is 531. The van der Waals surface area contributed by atoms with Gasteiger partial charge < -0.3 is 0 Å². The molecule has 2 rings (SSSR count). The maximum absolute atomic E-state index is 12.2. The molecule has 1 unspecified atom stereocenters. The van der Waals surface area contributed by atoms with Crippen LogP contribution in [0.2, 0.25) is 0 Å². The Kier molecular flexibility index (Phi) is 3.43. The average molecular weight is 293 g/mol. The molecule has 0 fully saturated rings. The van der Waals surface area contributed by atoms with Gasteiger partial charge in [0.2, 0.25) is 0 Å². The summed E-state index contributed by atoms with van der Waals surface area (Å²) >= 11 is 3.32. The molecule has 2 aromatic rings. The number of hydrogen-bond donors (Lipinski definition) is 0. The number of carbonyl (C=O) groups excluding carboxylic acids is 1. The molecule has 0 radical (unpaired) electrons. The number of Topliss-reactive ketones (excluding diaryl/α,β-unsaturated/α-hetero) is 1. The summed E-state index contributed by atoms with van der Waals surface area (Å²) in [6.07, 6.45) is 3.48. The summed E-state index contributed by atoms with van der Waals surface area (Å²) in [4.78, 5) is 12.2. The largest absolute Gasteiger partial charge is 0.292 e. The maximum atomic E-state index is 12.2. The monoisotopic (exact) mass is 292 g/mol. The summed E-state index contributed by atoms with van der Waals surface area (Å²) in [5.74, 6) is 0.0700. The van der Waals surface area contributed by atoms with Gasteiger partial charge in [-0.05, 0) is 29.8 Å².